The average molecular weight is 466 g/mol. The van der Waals surface area contributed by atoms with Crippen LogP contribution >= 0.6 is 0 Å². The van der Waals surface area contributed by atoms with Gasteiger partial charge in [0.15, 0.2) is 11.2 Å². The van der Waals surface area contributed by atoms with E-state index in [4.69, 9.17) is 8.83 Å². The van der Waals surface area contributed by atoms with Crippen molar-refractivity contribution in [3.63, 3.8) is 0 Å². The maximum atomic E-state index is 13.2. The van der Waals surface area contributed by atoms with Crippen molar-refractivity contribution in [3.05, 3.63) is 105 Å². The molecule has 0 radical (unpaired) electrons. The van der Waals surface area contributed by atoms with Gasteiger partial charge in [-0.15, -0.1) is 0 Å². The van der Waals surface area contributed by atoms with E-state index in [1.165, 1.54) is 0 Å². The molecule has 0 aliphatic heterocycles. The highest BCUT2D eigenvalue weighted by Gasteiger charge is 2.24. The zero-order valence-corrected chi connectivity index (χ0v) is 19.4. The summed E-state index contributed by atoms with van der Waals surface area (Å²) >= 11 is 0. The van der Waals surface area contributed by atoms with Crippen molar-refractivity contribution < 1.29 is 18.4 Å². The maximum absolute atomic E-state index is 13.2. The van der Waals surface area contributed by atoms with E-state index in [1.807, 2.05) is 45.0 Å². The Balaban J connectivity index is 1.54. The summed E-state index contributed by atoms with van der Waals surface area (Å²) in [6.07, 6.45) is 0. The molecule has 0 unspecified atom stereocenters. The molecular formula is C28H22N2O5. The molecule has 7 heteroatoms. The van der Waals surface area contributed by atoms with Crippen LogP contribution in [-0.2, 0) is 0 Å². The molecule has 2 aromatic heterocycles. The van der Waals surface area contributed by atoms with Crippen LogP contribution in [0, 0.1) is 20.8 Å². The second kappa shape index (κ2) is 8.61. The molecule has 0 saturated carbocycles. The van der Waals surface area contributed by atoms with E-state index >= 15 is 0 Å². The van der Waals surface area contributed by atoms with Gasteiger partial charge in [-0.3, -0.25) is 14.4 Å². The Kier molecular flexibility index (Phi) is 5.45. The van der Waals surface area contributed by atoms with Crippen molar-refractivity contribution in [2.24, 2.45) is 0 Å². The number of nitrogens with one attached hydrogen (secondary N) is 2. The molecule has 0 fully saturated rings. The van der Waals surface area contributed by atoms with Crippen molar-refractivity contribution in [2.75, 3.05) is 10.6 Å². The Labute approximate surface area is 200 Å². The van der Waals surface area contributed by atoms with Crippen molar-refractivity contribution in [3.8, 4) is 0 Å². The molecule has 5 rings (SSSR count). The minimum Gasteiger partial charge on any atom is -0.451 e. The van der Waals surface area contributed by atoms with E-state index < -0.39 is 11.8 Å². The molecule has 35 heavy (non-hydrogen) atoms. The number of amides is 2. The van der Waals surface area contributed by atoms with Crippen molar-refractivity contribution >= 4 is 45.1 Å². The first-order chi connectivity index (χ1) is 16.8. The van der Waals surface area contributed by atoms with Crippen molar-refractivity contribution in [2.45, 2.75) is 20.8 Å². The summed E-state index contributed by atoms with van der Waals surface area (Å²) in [5.74, 6) is -1.41. The van der Waals surface area contributed by atoms with Crippen LogP contribution in [0.3, 0.4) is 0 Å². The predicted octanol–water partition coefficient (Wildman–Crippen LogP) is 5.97. The lowest BCUT2D eigenvalue weighted by Gasteiger charge is -2.09. The minimum atomic E-state index is -0.667. The van der Waals surface area contributed by atoms with Gasteiger partial charge in [0.1, 0.15) is 16.9 Å². The molecule has 3 aromatic carbocycles. The fourth-order valence-electron chi connectivity index (χ4n) is 4.19. The van der Waals surface area contributed by atoms with Gasteiger partial charge >= 0.3 is 0 Å². The van der Waals surface area contributed by atoms with E-state index in [9.17, 15) is 14.4 Å². The third-order valence-corrected chi connectivity index (χ3v) is 5.71. The molecular weight excluding hydrogens is 444 g/mol. The van der Waals surface area contributed by atoms with E-state index in [2.05, 4.69) is 10.6 Å². The van der Waals surface area contributed by atoms with Crippen LogP contribution in [0.4, 0.5) is 11.4 Å². The van der Waals surface area contributed by atoms with E-state index in [1.54, 1.807) is 36.4 Å². The van der Waals surface area contributed by atoms with Crippen LogP contribution in [0.25, 0.3) is 21.9 Å². The Morgan fingerprint density at radius 3 is 2.34 bits per heavy atom. The molecule has 2 heterocycles. The first-order valence-corrected chi connectivity index (χ1v) is 11.1. The monoisotopic (exact) mass is 466 g/mol. The molecule has 0 aliphatic carbocycles. The molecule has 0 spiro atoms. The van der Waals surface area contributed by atoms with Gasteiger partial charge in [-0.2, -0.15) is 0 Å². The van der Waals surface area contributed by atoms with Gasteiger partial charge in [-0.25, -0.2) is 0 Å². The topological polar surface area (TPSA) is 102 Å². The smallest absolute Gasteiger partial charge is 0.293 e. The number of anilines is 2. The first-order valence-electron chi connectivity index (χ1n) is 11.1. The molecule has 0 saturated heterocycles. The lowest BCUT2D eigenvalue weighted by Crippen LogP contribution is -2.18. The first kappa shape index (κ1) is 22.2. The third kappa shape index (κ3) is 4.19. The maximum Gasteiger partial charge on any atom is 0.293 e. The number of rotatable bonds is 4. The highest BCUT2D eigenvalue weighted by atomic mass is 16.4. The summed E-state index contributed by atoms with van der Waals surface area (Å²) in [4.78, 5) is 39.0. The molecule has 7 nitrogen and oxygen atoms in total. The van der Waals surface area contributed by atoms with Crippen molar-refractivity contribution in [1.29, 1.82) is 0 Å². The molecule has 5 aromatic rings. The molecule has 0 aliphatic rings. The summed E-state index contributed by atoms with van der Waals surface area (Å²) in [7, 11) is 0. The highest BCUT2D eigenvalue weighted by Crippen LogP contribution is 2.32. The fraction of sp³-hybridized carbons (Fsp3) is 0.107. The summed E-state index contributed by atoms with van der Waals surface area (Å²) < 4.78 is 11.6. The Morgan fingerprint density at radius 1 is 0.743 bits per heavy atom. The Bertz CT molecular complexity index is 1690. The summed E-state index contributed by atoms with van der Waals surface area (Å²) in [6, 6.07) is 19.1. The molecule has 174 valence electrons. The SMILES string of the molecule is Cc1cccc(NC(=O)c2oc3ccccc3c2NC(=O)c2cc(=O)c3c(C)cc(C)cc3o2)c1. The number of furan rings is 1. The number of para-hydroxylation sites is 1. The zero-order valence-electron chi connectivity index (χ0n) is 19.4. The number of benzene rings is 3. The van der Waals surface area contributed by atoms with E-state index in [0.717, 1.165) is 22.8 Å². The van der Waals surface area contributed by atoms with Crippen LogP contribution in [0.1, 0.15) is 37.8 Å². The lowest BCUT2D eigenvalue weighted by atomic mass is 10.1. The van der Waals surface area contributed by atoms with Gasteiger partial charge in [0.05, 0.1) is 5.39 Å². The number of carbonyl (C=O) groups is 2. The van der Waals surface area contributed by atoms with Gasteiger partial charge in [0.25, 0.3) is 11.8 Å². The Hall–Kier alpha value is -4.65. The predicted molar refractivity (Wildman–Crippen MR) is 135 cm³/mol. The normalized spacial score (nSPS) is 11.1. The van der Waals surface area contributed by atoms with Gasteiger partial charge in [-0.1, -0.05) is 30.3 Å². The van der Waals surface area contributed by atoms with Crippen LogP contribution in [-0.4, -0.2) is 11.8 Å². The number of fused-ring (bicyclic) bond motifs is 2. The molecule has 2 N–H and O–H groups in total. The lowest BCUT2D eigenvalue weighted by molar-refractivity contribution is 0.0996. The standard InChI is InChI=1S/C28H22N2O5/c1-15-7-6-8-18(12-15)29-28(33)26-25(19-9-4-5-10-21(19)35-26)30-27(32)23-14-20(31)24-17(3)11-16(2)13-22(24)34-23/h4-14H,1-3H3,(H,29,33)(H,30,32). The van der Waals surface area contributed by atoms with Crippen molar-refractivity contribution in [1.82, 2.24) is 0 Å². The van der Waals surface area contributed by atoms with Crippen LogP contribution in [0.15, 0.2) is 80.4 Å². The number of hydrogen-bond donors (Lipinski definition) is 2. The summed E-state index contributed by atoms with van der Waals surface area (Å²) in [5.41, 5.74) is 3.90. The second-order valence-corrected chi connectivity index (χ2v) is 8.51. The molecule has 0 bridgehead atoms. The Morgan fingerprint density at radius 2 is 1.54 bits per heavy atom. The summed E-state index contributed by atoms with van der Waals surface area (Å²) in [5, 5.41) is 6.50. The second-order valence-electron chi connectivity index (χ2n) is 8.51. The zero-order chi connectivity index (χ0) is 24.7. The number of aryl methyl sites for hydroxylation is 3. The number of carbonyl (C=O) groups excluding carboxylic acids is 2. The van der Waals surface area contributed by atoms with E-state index in [-0.39, 0.29) is 22.6 Å². The largest absolute Gasteiger partial charge is 0.451 e. The molecule has 0 atom stereocenters. The van der Waals surface area contributed by atoms with E-state index in [0.29, 0.717) is 27.6 Å². The van der Waals surface area contributed by atoms with Crippen LogP contribution < -0.4 is 16.1 Å². The highest BCUT2D eigenvalue weighted by molar-refractivity contribution is 6.16. The van der Waals surface area contributed by atoms with Gasteiger partial charge in [0, 0.05) is 17.1 Å². The quantitative estimate of drug-likeness (QED) is 0.340. The van der Waals surface area contributed by atoms with Crippen LogP contribution in [0.5, 0.6) is 0 Å². The van der Waals surface area contributed by atoms with Gasteiger partial charge < -0.3 is 19.5 Å². The average Bonchev–Trinajstić information content (AvgIpc) is 3.17. The fourth-order valence-corrected chi connectivity index (χ4v) is 4.19. The molecule has 2 amide bonds. The third-order valence-electron chi connectivity index (χ3n) is 5.71. The minimum absolute atomic E-state index is 0.0594. The summed E-state index contributed by atoms with van der Waals surface area (Å²) in [6.45, 7) is 5.63. The number of hydrogen-bond acceptors (Lipinski definition) is 5. The van der Waals surface area contributed by atoms with Gasteiger partial charge in [0.2, 0.25) is 5.76 Å². The van der Waals surface area contributed by atoms with Gasteiger partial charge in [-0.05, 0) is 67.8 Å². The van der Waals surface area contributed by atoms with Crippen LogP contribution in [0.2, 0.25) is 0 Å².